The smallest absolute Gasteiger partial charge is 0.150 e. The van der Waals surface area contributed by atoms with Crippen molar-refractivity contribution in [1.29, 1.82) is 0 Å². The fraction of sp³-hybridized carbons (Fsp3) is 0.533. The van der Waals surface area contributed by atoms with E-state index in [1.807, 2.05) is 12.1 Å². The first-order chi connectivity index (χ1) is 8.40. The summed E-state index contributed by atoms with van der Waals surface area (Å²) in [4.78, 5) is 13.6. The van der Waals surface area contributed by atoms with Gasteiger partial charge in [0, 0.05) is 23.8 Å². The van der Waals surface area contributed by atoms with E-state index in [1.165, 1.54) is 43.4 Å². The molecular weight excluding hydrogens is 210 g/mol. The number of aldehydes is 1. The molecule has 1 heterocycles. The Bertz CT molecular complexity index is 421. The van der Waals surface area contributed by atoms with Gasteiger partial charge in [0.1, 0.15) is 6.29 Å². The summed E-state index contributed by atoms with van der Waals surface area (Å²) >= 11 is 0. The van der Waals surface area contributed by atoms with Crippen LogP contribution < -0.4 is 4.90 Å². The van der Waals surface area contributed by atoms with Crippen LogP contribution in [0.2, 0.25) is 0 Å². The van der Waals surface area contributed by atoms with Crippen molar-refractivity contribution >= 4 is 12.0 Å². The molecule has 0 bridgehead atoms. The van der Waals surface area contributed by atoms with Crippen molar-refractivity contribution in [1.82, 2.24) is 0 Å². The van der Waals surface area contributed by atoms with E-state index in [1.54, 1.807) is 0 Å². The lowest BCUT2D eigenvalue weighted by Gasteiger charge is -2.33. The highest BCUT2D eigenvalue weighted by molar-refractivity contribution is 5.82. The normalized spacial score (nSPS) is 20.4. The number of carbonyl (C=O) groups is 1. The second kappa shape index (κ2) is 4.52. The van der Waals surface area contributed by atoms with Crippen molar-refractivity contribution in [2.75, 3.05) is 11.4 Å². The third kappa shape index (κ3) is 1.86. The lowest BCUT2D eigenvalue weighted by Crippen LogP contribution is -2.35. The molecule has 1 aliphatic carbocycles. The standard InChI is InChI=1S/C15H19NO/c17-11-12-5-4-8-15-14(12)9-10-16(15)13-6-2-1-3-7-13/h4-5,8,11,13H,1-3,6-7,9-10H2. The quantitative estimate of drug-likeness (QED) is 0.726. The lowest BCUT2D eigenvalue weighted by atomic mass is 9.94. The molecule has 90 valence electrons. The predicted molar refractivity (Wildman–Crippen MR) is 69.8 cm³/mol. The average molecular weight is 229 g/mol. The third-order valence-electron chi connectivity index (χ3n) is 4.24. The summed E-state index contributed by atoms with van der Waals surface area (Å²) in [5, 5.41) is 0. The van der Waals surface area contributed by atoms with Gasteiger partial charge in [-0.3, -0.25) is 4.79 Å². The van der Waals surface area contributed by atoms with E-state index in [4.69, 9.17) is 0 Å². The molecule has 0 aromatic heterocycles. The van der Waals surface area contributed by atoms with Crippen molar-refractivity contribution in [2.45, 2.75) is 44.6 Å². The van der Waals surface area contributed by atoms with Gasteiger partial charge in [0.2, 0.25) is 0 Å². The molecule has 2 nitrogen and oxygen atoms in total. The molecule has 2 aliphatic rings. The van der Waals surface area contributed by atoms with E-state index in [0.717, 1.165) is 24.8 Å². The SMILES string of the molecule is O=Cc1cccc2c1CCN2C1CCCCC1. The zero-order valence-electron chi connectivity index (χ0n) is 10.2. The van der Waals surface area contributed by atoms with Crippen LogP contribution in [-0.4, -0.2) is 18.9 Å². The fourth-order valence-electron chi connectivity index (χ4n) is 3.37. The van der Waals surface area contributed by atoms with Crippen molar-refractivity contribution in [3.8, 4) is 0 Å². The van der Waals surface area contributed by atoms with Gasteiger partial charge < -0.3 is 4.90 Å². The van der Waals surface area contributed by atoms with Crippen molar-refractivity contribution in [3.05, 3.63) is 29.3 Å². The Labute approximate surface area is 103 Å². The van der Waals surface area contributed by atoms with Gasteiger partial charge >= 0.3 is 0 Å². The zero-order chi connectivity index (χ0) is 11.7. The van der Waals surface area contributed by atoms with Crippen LogP contribution in [0.1, 0.15) is 48.0 Å². The summed E-state index contributed by atoms with van der Waals surface area (Å²) in [5.74, 6) is 0. The monoisotopic (exact) mass is 229 g/mol. The summed E-state index contributed by atoms with van der Waals surface area (Å²) < 4.78 is 0. The topological polar surface area (TPSA) is 20.3 Å². The molecule has 0 N–H and O–H groups in total. The maximum absolute atomic E-state index is 11.0. The van der Waals surface area contributed by atoms with Crippen LogP contribution in [-0.2, 0) is 6.42 Å². The van der Waals surface area contributed by atoms with Crippen LogP contribution in [0.15, 0.2) is 18.2 Å². The van der Waals surface area contributed by atoms with Gasteiger partial charge in [-0.2, -0.15) is 0 Å². The maximum atomic E-state index is 11.0. The Kier molecular flexibility index (Phi) is 2.87. The first-order valence-corrected chi connectivity index (χ1v) is 6.74. The molecule has 1 aromatic rings. The summed E-state index contributed by atoms with van der Waals surface area (Å²) in [5.41, 5.74) is 3.48. The summed E-state index contributed by atoms with van der Waals surface area (Å²) in [6.45, 7) is 1.10. The first-order valence-electron chi connectivity index (χ1n) is 6.74. The van der Waals surface area contributed by atoms with Gasteiger partial charge in [-0.25, -0.2) is 0 Å². The van der Waals surface area contributed by atoms with E-state index < -0.39 is 0 Å². The van der Waals surface area contributed by atoms with Crippen LogP contribution in [0.25, 0.3) is 0 Å². The molecule has 1 aromatic carbocycles. The van der Waals surface area contributed by atoms with E-state index in [0.29, 0.717) is 6.04 Å². The molecule has 17 heavy (non-hydrogen) atoms. The minimum atomic E-state index is 0.715. The molecule has 2 heteroatoms. The number of anilines is 1. The summed E-state index contributed by atoms with van der Waals surface area (Å²) in [6.07, 6.45) is 8.82. The molecule has 0 unspecified atom stereocenters. The number of carbonyl (C=O) groups excluding carboxylic acids is 1. The molecule has 1 fully saturated rings. The molecule has 1 aliphatic heterocycles. The molecule has 0 spiro atoms. The van der Waals surface area contributed by atoms with Gasteiger partial charge in [-0.15, -0.1) is 0 Å². The Morgan fingerprint density at radius 1 is 1.18 bits per heavy atom. The largest absolute Gasteiger partial charge is 0.368 e. The molecule has 0 atom stereocenters. The minimum absolute atomic E-state index is 0.715. The van der Waals surface area contributed by atoms with Crippen LogP contribution in [0.5, 0.6) is 0 Å². The Morgan fingerprint density at radius 2 is 2.00 bits per heavy atom. The molecular formula is C15H19NO. The van der Waals surface area contributed by atoms with Crippen molar-refractivity contribution in [3.63, 3.8) is 0 Å². The average Bonchev–Trinajstić information content (AvgIpc) is 2.83. The lowest BCUT2D eigenvalue weighted by molar-refractivity contribution is 0.112. The van der Waals surface area contributed by atoms with Crippen molar-refractivity contribution in [2.24, 2.45) is 0 Å². The second-order valence-corrected chi connectivity index (χ2v) is 5.20. The number of benzene rings is 1. The van der Waals surface area contributed by atoms with Gasteiger partial charge in [0.15, 0.2) is 0 Å². The molecule has 3 rings (SSSR count). The highest BCUT2D eigenvalue weighted by atomic mass is 16.1. The second-order valence-electron chi connectivity index (χ2n) is 5.20. The molecule has 1 saturated carbocycles. The van der Waals surface area contributed by atoms with E-state index in [-0.39, 0.29) is 0 Å². The first kappa shape index (κ1) is 10.8. The van der Waals surface area contributed by atoms with Gasteiger partial charge in [-0.1, -0.05) is 31.4 Å². The van der Waals surface area contributed by atoms with Crippen molar-refractivity contribution < 1.29 is 4.79 Å². The number of rotatable bonds is 2. The molecule has 0 amide bonds. The number of hydrogen-bond donors (Lipinski definition) is 0. The highest BCUT2D eigenvalue weighted by Gasteiger charge is 2.28. The Hall–Kier alpha value is -1.31. The van der Waals surface area contributed by atoms with Gasteiger partial charge in [0.05, 0.1) is 0 Å². The van der Waals surface area contributed by atoms with E-state index >= 15 is 0 Å². The Morgan fingerprint density at radius 3 is 2.76 bits per heavy atom. The summed E-state index contributed by atoms with van der Waals surface area (Å²) in [6, 6.07) is 6.86. The van der Waals surface area contributed by atoms with Crippen LogP contribution in [0, 0.1) is 0 Å². The van der Waals surface area contributed by atoms with E-state index in [9.17, 15) is 4.79 Å². The van der Waals surface area contributed by atoms with Crippen LogP contribution in [0.4, 0.5) is 5.69 Å². The number of hydrogen-bond acceptors (Lipinski definition) is 2. The van der Waals surface area contributed by atoms with Gasteiger partial charge in [-0.05, 0) is 30.9 Å². The number of nitrogens with zero attached hydrogens (tertiary/aromatic N) is 1. The summed E-state index contributed by atoms with van der Waals surface area (Å²) in [7, 11) is 0. The third-order valence-corrected chi connectivity index (χ3v) is 4.24. The zero-order valence-corrected chi connectivity index (χ0v) is 10.2. The van der Waals surface area contributed by atoms with E-state index in [2.05, 4.69) is 11.0 Å². The number of fused-ring (bicyclic) bond motifs is 1. The van der Waals surface area contributed by atoms with Crippen LogP contribution in [0.3, 0.4) is 0 Å². The van der Waals surface area contributed by atoms with Crippen LogP contribution >= 0.6 is 0 Å². The molecule has 0 saturated heterocycles. The minimum Gasteiger partial charge on any atom is -0.368 e. The highest BCUT2D eigenvalue weighted by Crippen LogP contribution is 2.35. The van der Waals surface area contributed by atoms with Gasteiger partial charge in [0.25, 0.3) is 0 Å². The Balaban J connectivity index is 1.90. The predicted octanol–water partition coefficient (Wildman–Crippen LogP) is 3.19. The maximum Gasteiger partial charge on any atom is 0.150 e. The fourth-order valence-corrected chi connectivity index (χ4v) is 3.37. The molecule has 0 radical (unpaired) electrons.